The molecule has 8 heteroatoms. The molecular formula is C20H23Cl2F3N2O. The van der Waals surface area contributed by atoms with Crippen LogP contribution < -0.4 is 5.32 Å². The molecule has 28 heavy (non-hydrogen) atoms. The Morgan fingerprint density at radius 2 is 1.64 bits per heavy atom. The summed E-state index contributed by atoms with van der Waals surface area (Å²) in [4.78, 5) is 14.4. The van der Waals surface area contributed by atoms with E-state index in [1.54, 1.807) is 12.1 Å². The Morgan fingerprint density at radius 3 is 2.14 bits per heavy atom. The number of alkyl halides is 3. The van der Waals surface area contributed by atoms with Crippen molar-refractivity contribution in [3.05, 3.63) is 70.2 Å². The Balaban J connectivity index is 0.00000392. The highest BCUT2D eigenvalue weighted by atomic mass is 35.5. The minimum absolute atomic E-state index is 0. The molecule has 0 aliphatic rings. The van der Waals surface area contributed by atoms with E-state index in [2.05, 4.69) is 5.32 Å². The van der Waals surface area contributed by atoms with Crippen LogP contribution in [0.4, 0.5) is 13.2 Å². The van der Waals surface area contributed by atoms with Gasteiger partial charge in [-0.2, -0.15) is 13.2 Å². The Hall–Kier alpha value is -1.76. The van der Waals surface area contributed by atoms with Gasteiger partial charge in [-0.15, -0.1) is 12.4 Å². The molecule has 3 nitrogen and oxygen atoms in total. The van der Waals surface area contributed by atoms with E-state index in [0.717, 1.165) is 24.2 Å². The number of benzene rings is 2. The smallest absolute Gasteiger partial charge is 0.349 e. The van der Waals surface area contributed by atoms with Gasteiger partial charge in [-0.3, -0.25) is 4.79 Å². The van der Waals surface area contributed by atoms with Crippen molar-refractivity contribution in [2.45, 2.75) is 25.1 Å². The molecule has 0 aliphatic carbocycles. The van der Waals surface area contributed by atoms with Crippen molar-refractivity contribution < 1.29 is 18.0 Å². The second-order valence-corrected chi connectivity index (χ2v) is 7.07. The van der Waals surface area contributed by atoms with Crippen LogP contribution in [0.2, 0.25) is 5.02 Å². The van der Waals surface area contributed by atoms with Crippen molar-refractivity contribution in [1.82, 2.24) is 10.2 Å². The summed E-state index contributed by atoms with van der Waals surface area (Å²) in [5.41, 5.74) is 0.738. The van der Waals surface area contributed by atoms with Gasteiger partial charge in [0.05, 0.1) is 18.0 Å². The minimum atomic E-state index is -4.38. The van der Waals surface area contributed by atoms with E-state index < -0.39 is 11.7 Å². The molecule has 2 rings (SSSR count). The Labute approximate surface area is 174 Å². The lowest BCUT2D eigenvalue weighted by molar-refractivity contribution is -0.137. The zero-order chi connectivity index (χ0) is 20.0. The predicted octanol–water partition coefficient (Wildman–Crippen LogP) is 5.13. The summed E-state index contributed by atoms with van der Waals surface area (Å²) in [6.45, 7) is 0.772. The predicted molar refractivity (Wildman–Crippen MR) is 108 cm³/mol. The fourth-order valence-electron chi connectivity index (χ4n) is 2.65. The van der Waals surface area contributed by atoms with E-state index in [4.69, 9.17) is 11.6 Å². The monoisotopic (exact) mass is 434 g/mol. The Bertz CT molecular complexity index is 748. The maximum Gasteiger partial charge on any atom is 0.416 e. The first-order valence-corrected chi connectivity index (χ1v) is 8.88. The summed E-state index contributed by atoms with van der Waals surface area (Å²) < 4.78 is 37.9. The van der Waals surface area contributed by atoms with Gasteiger partial charge < -0.3 is 10.2 Å². The van der Waals surface area contributed by atoms with Crippen LogP contribution >= 0.6 is 24.0 Å². The third-order valence-electron chi connectivity index (χ3n) is 4.12. The minimum Gasteiger partial charge on any atom is -0.349 e. The first-order chi connectivity index (χ1) is 12.6. The quantitative estimate of drug-likeness (QED) is 0.654. The topological polar surface area (TPSA) is 32.3 Å². The molecule has 0 aliphatic heterocycles. The fraction of sp³-hybridized carbons (Fsp3) is 0.350. The second-order valence-electron chi connectivity index (χ2n) is 6.64. The lowest BCUT2D eigenvalue weighted by Crippen LogP contribution is -2.32. The molecule has 0 bridgehead atoms. The van der Waals surface area contributed by atoms with Crippen LogP contribution in [0.1, 0.15) is 29.2 Å². The van der Waals surface area contributed by atoms with Gasteiger partial charge >= 0.3 is 6.18 Å². The normalized spacial score (nSPS) is 12.4. The zero-order valence-electron chi connectivity index (χ0n) is 15.6. The van der Waals surface area contributed by atoms with E-state index in [9.17, 15) is 18.0 Å². The van der Waals surface area contributed by atoms with Crippen LogP contribution in [0.15, 0.2) is 48.5 Å². The lowest BCUT2D eigenvalue weighted by Gasteiger charge is -2.21. The number of amides is 1. The first-order valence-electron chi connectivity index (χ1n) is 8.51. The maximum absolute atomic E-state index is 12.6. The van der Waals surface area contributed by atoms with Crippen molar-refractivity contribution in [3.8, 4) is 0 Å². The van der Waals surface area contributed by atoms with Crippen LogP contribution in [0.3, 0.4) is 0 Å². The van der Waals surface area contributed by atoms with E-state index in [1.165, 1.54) is 12.1 Å². The average molecular weight is 435 g/mol. The number of rotatable bonds is 7. The van der Waals surface area contributed by atoms with Gasteiger partial charge in [-0.25, -0.2) is 0 Å². The first kappa shape index (κ1) is 24.3. The molecule has 154 valence electrons. The number of nitrogens with one attached hydrogen (secondary N) is 1. The van der Waals surface area contributed by atoms with E-state index in [-0.39, 0.29) is 30.8 Å². The molecule has 1 N–H and O–H groups in total. The van der Waals surface area contributed by atoms with Crippen LogP contribution in [-0.4, -0.2) is 31.4 Å². The molecule has 2 aromatic carbocycles. The van der Waals surface area contributed by atoms with Gasteiger partial charge in [-0.1, -0.05) is 35.9 Å². The van der Waals surface area contributed by atoms with Gasteiger partial charge in [0.2, 0.25) is 5.91 Å². The van der Waals surface area contributed by atoms with Crippen molar-refractivity contribution in [1.29, 1.82) is 0 Å². The van der Waals surface area contributed by atoms with Crippen LogP contribution in [0, 0.1) is 0 Å². The summed E-state index contributed by atoms with van der Waals surface area (Å²) in [5, 5.41) is 3.58. The summed E-state index contributed by atoms with van der Waals surface area (Å²) >= 11 is 5.93. The summed E-state index contributed by atoms with van der Waals surface area (Å²) in [7, 11) is 3.89. The number of carbonyl (C=O) groups is 1. The summed E-state index contributed by atoms with van der Waals surface area (Å²) in [6.07, 6.45) is -3.66. The molecular weight excluding hydrogens is 412 g/mol. The molecule has 0 saturated carbocycles. The van der Waals surface area contributed by atoms with E-state index in [0.29, 0.717) is 17.0 Å². The SMILES string of the molecule is CN(C)CCC(NC(=O)Cc1ccc(C(F)(F)F)cc1)c1ccc(Cl)cc1.Cl. The molecule has 0 fully saturated rings. The van der Waals surface area contributed by atoms with Crippen LogP contribution in [0.5, 0.6) is 0 Å². The standard InChI is InChI=1S/C20H22ClF3N2O.ClH/c1-26(2)12-11-18(15-5-9-17(21)10-6-15)25-19(27)13-14-3-7-16(8-4-14)20(22,23)24;/h3-10,18H,11-13H2,1-2H3,(H,25,27);1H. The Kier molecular flexibility index (Phi) is 9.27. The molecule has 0 heterocycles. The summed E-state index contributed by atoms with van der Waals surface area (Å²) in [5.74, 6) is -0.242. The number of halogens is 5. The highest BCUT2D eigenvalue weighted by molar-refractivity contribution is 6.30. The molecule has 2 aromatic rings. The van der Waals surface area contributed by atoms with Gasteiger partial charge in [0.1, 0.15) is 0 Å². The van der Waals surface area contributed by atoms with Gasteiger partial charge in [0.25, 0.3) is 0 Å². The fourth-order valence-corrected chi connectivity index (χ4v) is 2.77. The lowest BCUT2D eigenvalue weighted by atomic mass is 10.0. The Morgan fingerprint density at radius 1 is 1.07 bits per heavy atom. The molecule has 1 amide bonds. The molecule has 0 spiro atoms. The van der Waals surface area contributed by atoms with Crippen LogP contribution in [0.25, 0.3) is 0 Å². The van der Waals surface area contributed by atoms with Crippen molar-refractivity contribution in [2.24, 2.45) is 0 Å². The third kappa shape index (κ3) is 7.70. The second kappa shape index (κ2) is 10.7. The zero-order valence-corrected chi connectivity index (χ0v) is 17.2. The van der Waals surface area contributed by atoms with Gasteiger partial charge in [-0.05, 0) is 62.5 Å². The van der Waals surface area contributed by atoms with E-state index >= 15 is 0 Å². The molecule has 0 saturated heterocycles. The highest BCUT2D eigenvalue weighted by Crippen LogP contribution is 2.29. The number of hydrogen-bond acceptors (Lipinski definition) is 2. The average Bonchev–Trinajstić information content (AvgIpc) is 2.59. The number of carbonyl (C=O) groups excluding carboxylic acids is 1. The maximum atomic E-state index is 12.6. The van der Waals surface area contributed by atoms with Crippen molar-refractivity contribution >= 4 is 29.9 Å². The highest BCUT2D eigenvalue weighted by Gasteiger charge is 2.30. The molecule has 1 unspecified atom stereocenters. The molecule has 1 atom stereocenters. The number of hydrogen-bond donors (Lipinski definition) is 1. The van der Waals surface area contributed by atoms with Gasteiger partial charge in [0, 0.05) is 5.02 Å². The number of nitrogens with zero attached hydrogens (tertiary/aromatic N) is 1. The molecule has 0 radical (unpaired) electrons. The largest absolute Gasteiger partial charge is 0.416 e. The van der Waals surface area contributed by atoms with Crippen molar-refractivity contribution in [2.75, 3.05) is 20.6 Å². The summed E-state index contributed by atoms with van der Waals surface area (Å²) in [6, 6.07) is 11.7. The third-order valence-corrected chi connectivity index (χ3v) is 4.37. The van der Waals surface area contributed by atoms with Crippen molar-refractivity contribution in [3.63, 3.8) is 0 Å². The molecule has 0 aromatic heterocycles. The van der Waals surface area contributed by atoms with E-state index in [1.807, 2.05) is 31.1 Å². The van der Waals surface area contributed by atoms with Gasteiger partial charge in [0.15, 0.2) is 0 Å². The van der Waals surface area contributed by atoms with Crippen LogP contribution in [-0.2, 0) is 17.4 Å².